The Morgan fingerprint density at radius 2 is 2.12 bits per heavy atom. The average Bonchev–Trinajstić information content (AvgIpc) is 2.69. The molecule has 2 rings (SSSR count). The number of amides is 1. The van der Waals surface area contributed by atoms with E-state index in [0.29, 0.717) is 0 Å². The molecule has 0 N–H and O–H groups in total. The molecule has 1 saturated heterocycles. The molecule has 2 nitrogen and oxygen atoms in total. The fraction of sp³-hybridized carbons (Fsp3) is 0.583. The second kappa shape index (κ2) is 5.72. The molecule has 1 aliphatic heterocycles. The number of hydrogen-bond acceptors (Lipinski definition) is 2. The molecule has 1 fully saturated rings. The number of carbonyl (C=O) groups excluding carboxylic acids is 1. The van der Waals surface area contributed by atoms with Gasteiger partial charge in [0.15, 0.2) is 0 Å². The quantitative estimate of drug-likeness (QED) is 0.744. The third kappa shape index (κ3) is 3.04. The van der Waals surface area contributed by atoms with Crippen LogP contribution in [-0.2, 0) is 4.79 Å². The van der Waals surface area contributed by atoms with Gasteiger partial charge in [0.25, 0.3) is 0 Å². The Kier molecular flexibility index (Phi) is 4.50. The van der Waals surface area contributed by atoms with Crippen LogP contribution in [0.4, 0.5) is 0 Å². The van der Waals surface area contributed by atoms with Crippen molar-refractivity contribution in [3.05, 3.63) is 20.3 Å². The summed E-state index contributed by atoms with van der Waals surface area (Å²) in [6.07, 6.45) is 3.42. The van der Waals surface area contributed by atoms with Gasteiger partial charge in [-0.05, 0) is 48.2 Å². The van der Waals surface area contributed by atoms with E-state index in [1.807, 2.05) is 17.9 Å². The first-order valence-corrected chi connectivity index (χ1v) is 7.83. The van der Waals surface area contributed by atoms with Gasteiger partial charge in [0, 0.05) is 27.3 Å². The average molecular weight is 337 g/mol. The topological polar surface area (TPSA) is 20.3 Å². The number of nitrogens with zero attached hydrogens (tertiary/aromatic N) is 1. The lowest BCUT2D eigenvalue weighted by Crippen LogP contribution is -2.37. The van der Waals surface area contributed by atoms with E-state index in [4.69, 9.17) is 11.6 Å². The molecule has 0 aromatic carbocycles. The van der Waals surface area contributed by atoms with Crippen molar-refractivity contribution in [2.75, 3.05) is 13.1 Å². The first-order chi connectivity index (χ1) is 8.09. The molecule has 17 heavy (non-hydrogen) atoms. The molecule has 94 valence electrons. The van der Waals surface area contributed by atoms with Crippen LogP contribution in [0.5, 0.6) is 0 Å². The normalized spacial score (nSPS) is 18.2. The summed E-state index contributed by atoms with van der Waals surface area (Å²) in [6.45, 7) is 3.73. The number of carbonyl (C=O) groups is 1. The highest BCUT2D eigenvalue weighted by Crippen LogP contribution is 2.35. The van der Waals surface area contributed by atoms with E-state index in [0.717, 1.165) is 40.2 Å². The molecule has 2 heterocycles. The Bertz CT molecular complexity index is 395. The van der Waals surface area contributed by atoms with Gasteiger partial charge in [-0.1, -0.05) is 0 Å². The number of likely N-dealkylation sites (tertiary alicyclic amines) is 1. The lowest BCUT2D eigenvalue weighted by atomic mass is 10.1. The standard InChI is InChI=1S/C12H15BrClNOS/c1-8-9(13)7-10(17-8)11(14)12(16)15-5-3-2-4-6-15/h7,11H,2-6H2,1H3. The van der Waals surface area contributed by atoms with Gasteiger partial charge in [-0.2, -0.15) is 0 Å². The predicted molar refractivity (Wildman–Crippen MR) is 75.8 cm³/mol. The first-order valence-electron chi connectivity index (χ1n) is 5.78. The largest absolute Gasteiger partial charge is 0.341 e. The van der Waals surface area contributed by atoms with Crippen molar-refractivity contribution in [2.24, 2.45) is 0 Å². The highest BCUT2D eigenvalue weighted by atomic mass is 79.9. The molecule has 1 aromatic heterocycles. The summed E-state index contributed by atoms with van der Waals surface area (Å²) in [5.74, 6) is 0.0557. The monoisotopic (exact) mass is 335 g/mol. The van der Waals surface area contributed by atoms with Crippen molar-refractivity contribution in [2.45, 2.75) is 31.6 Å². The highest BCUT2D eigenvalue weighted by molar-refractivity contribution is 9.10. The second-order valence-corrected chi connectivity index (χ2v) is 6.88. The smallest absolute Gasteiger partial charge is 0.246 e. The summed E-state index contributed by atoms with van der Waals surface area (Å²) in [5, 5.41) is -0.525. The van der Waals surface area contributed by atoms with Gasteiger partial charge in [0.1, 0.15) is 5.38 Å². The van der Waals surface area contributed by atoms with Crippen molar-refractivity contribution >= 4 is 44.8 Å². The van der Waals surface area contributed by atoms with Gasteiger partial charge in [-0.25, -0.2) is 0 Å². The van der Waals surface area contributed by atoms with Crippen LogP contribution in [-0.4, -0.2) is 23.9 Å². The summed E-state index contributed by atoms with van der Waals surface area (Å²) >= 11 is 11.3. The molecule has 5 heteroatoms. The van der Waals surface area contributed by atoms with Gasteiger partial charge < -0.3 is 4.90 Å². The Hall–Kier alpha value is -0.0600. The van der Waals surface area contributed by atoms with E-state index in [-0.39, 0.29) is 5.91 Å². The number of alkyl halides is 1. The summed E-state index contributed by atoms with van der Waals surface area (Å²) in [6, 6.07) is 1.96. The molecular weight excluding hydrogens is 322 g/mol. The predicted octanol–water partition coefficient (Wildman–Crippen LogP) is 4.11. The Balaban J connectivity index is 2.08. The zero-order valence-electron chi connectivity index (χ0n) is 9.71. The number of rotatable bonds is 2. The first kappa shape index (κ1) is 13.4. The van der Waals surface area contributed by atoms with E-state index in [1.54, 1.807) is 11.3 Å². The number of hydrogen-bond donors (Lipinski definition) is 0. The van der Waals surface area contributed by atoms with Crippen LogP contribution in [0.1, 0.15) is 34.4 Å². The summed E-state index contributed by atoms with van der Waals surface area (Å²) in [7, 11) is 0. The van der Waals surface area contributed by atoms with Gasteiger partial charge >= 0.3 is 0 Å². The van der Waals surface area contributed by atoms with Crippen LogP contribution in [0.15, 0.2) is 10.5 Å². The van der Waals surface area contributed by atoms with Crippen LogP contribution < -0.4 is 0 Å². The fourth-order valence-corrected chi connectivity index (χ4v) is 3.87. The third-order valence-electron chi connectivity index (χ3n) is 3.01. The van der Waals surface area contributed by atoms with E-state index < -0.39 is 5.38 Å². The fourth-order valence-electron chi connectivity index (χ4n) is 2.00. The van der Waals surface area contributed by atoms with Gasteiger partial charge in [0.2, 0.25) is 5.91 Å². The molecule has 0 aliphatic carbocycles. The number of piperidine rings is 1. The Morgan fingerprint density at radius 3 is 2.65 bits per heavy atom. The highest BCUT2D eigenvalue weighted by Gasteiger charge is 2.26. The SMILES string of the molecule is Cc1sc(C(Cl)C(=O)N2CCCCC2)cc1Br. The molecule has 1 aromatic rings. The molecule has 0 bridgehead atoms. The van der Waals surface area contributed by atoms with E-state index in [1.165, 1.54) is 6.42 Å². The van der Waals surface area contributed by atoms with Crippen molar-refractivity contribution in [1.82, 2.24) is 4.90 Å². The molecule has 1 unspecified atom stereocenters. The molecule has 0 spiro atoms. The van der Waals surface area contributed by atoms with Gasteiger partial charge in [-0.15, -0.1) is 22.9 Å². The van der Waals surface area contributed by atoms with Crippen LogP contribution in [0, 0.1) is 6.92 Å². The maximum absolute atomic E-state index is 12.2. The van der Waals surface area contributed by atoms with Crippen molar-refractivity contribution in [1.29, 1.82) is 0 Å². The van der Waals surface area contributed by atoms with E-state index in [9.17, 15) is 4.79 Å². The summed E-state index contributed by atoms with van der Waals surface area (Å²) in [4.78, 5) is 16.2. The minimum absolute atomic E-state index is 0.0557. The number of halogens is 2. The molecule has 0 saturated carbocycles. The van der Waals surface area contributed by atoms with E-state index >= 15 is 0 Å². The lowest BCUT2D eigenvalue weighted by Gasteiger charge is -2.28. The van der Waals surface area contributed by atoms with Crippen LogP contribution in [0.3, 0.4) is 0 Å². The zero-order valence-corrected chi connectivity index (χ0v) is 12.9. The van der Waals surface area contributed by atoms with Gasteiger partial charge in [0.05, 0.1) is 0 Å². The van der Waals surface area contributed by atoms with Crippen LogP contribution in [0.2, 0.25) is 0 Å². The lowest BCUT2D eigenvalue weighted by molar-refractivity contribution is -0.131. The van der Waals surface area contributed by atoms with Crippen LogP contribution in [0.25, 0.3) is 0 Å². The number of thiophene rings is 1. The van der Waals surface area contributed by atoms with Crippen molar-refractivity contribution < 1.29 is 4.79 Å². The van der Waals surface area contributed by atoms with Gasteiger partial charge in [-0.3, -0.25) is 4.79 Å². The second-order valence-electron chi connectivity index (χ2n) is 4.30. The van der Waals surface area contributed by atoms with Crippen LogP contribution >= 0.6 is 38.9 Å². The van der Waals surface area contributed by atoms with Crippen molar-refractivity contribution in [3.8, 4) is 0 Å². The summed E-state index contributed by atoms with van der Waals surface area (Å²) in [5.41, 5.74) is 0. The third-order valence-corrected chi connectivity index (χ3v) is 5.76. The Labute approximate surface area is 119 Å². The molecule has 1 amide bonds. The zero-order chi connectivity index (χ0) is 12.4. The van der Waals surface area contributed by atoms with E-state index in [2.05, 4.69) is 15.9 Å². The maximum Gasteiger partial charge on any atom is 0.246 e. The minimum Gasteiger partial charge on any atom is -0.341 e. The number of aryl methyl sites for hydroxylation is 1. The Morgan fingerprint density at radius 1 is 1.47 bits per heavy atom. The summed E-state index contributed by atoms with van der Waals surface area (Å²) < 4.78 is 1.04. The molecule has 1 aliphatic rings. The molecule has 1 atom stereocenters. The van der Waals surface area contributed by atoms with Crippen molar-refractivity contribution in [3.63, 3.8) is 0 Å². The molecular formula is C12H15BrClNOS. The minimum atomic E-state index is -0.525. The maximum atomic E-state index is 12.2. The molecule has 0 radical (unpaired) electrons.